The Hall–Kier alpha value is -1.61. The molecule has 0 saturated heterocycles. The van der Waals surface area contributed by atoms with Gasteiger partial charge in [-0.05, 0) is 29.8 Å². The molecule has 1 aromatic heterocycles. The lowest BCUT2D eigenvalue weighted by atomic mass is 10.2. The van der Waals surface area contributed by atoms with Gasteiger partial charge in [0, 0.05) is 30.3 Å². The molecule has 0 radical (unpaired) electrons. The Bertz CT molecular complexity index is 504. The third-order valence-corrected chi connectivity index (χ3v) is 2.75. The maximum Gasteiger partial charge on any atom is 0.127 e. The van der Waals surface area contributed by atoms with Crippen LogP contribution >= 0.6 is 11.6 Å². The summed E-state index contributed by atoms with van der Waals surface area (Å²) >= 11 is 5.67. The first-order valence-corrected chi connectivity index (χ1v) is 6.19. The predicted octanol–water partition coefficient (Wildman–Crippen LogP) is 3.58. The average molecular weight is 266 g/mol. The highest BCUT2D eigenvalue weighted by molar-refractivity contribution is 6.17. The molecule has 4 heteroatoms. The summed E-state index contributed by atoms with van der Waals surface area (Å²) in [6.45, 7) is 0.461. The normalized spacial score (nSPS) is 10.3. The first kappa shape index (κ1) is 12.8. The van der Waals surface area contributed by atoms with Gasteiger partial charge in [-0.3, -0.25) is 4.98 Å². The highest BCUT2D eigenvalue weighted by Crippen LogP contribution is 2.18. The Morgan fingerprint density at radius 1 is 1.22 bits per heavy atom. The number of aromatic nitrogens is 1. The maximum absolute atomic E-state index is 13.2. The summed E-state index contributed by atoms with van der Waals surface area (Å²) in [7, 11) is 0. The largest absolute Gasteiger partial charge is 0.493 e. The van der Waals surface area contributed by atoms with Crippen molar-refractivity contribution in [3.63, 3.8) is 0 Å². The van der Waals surface area contributed by atoms with Crippen LogP contribution in [0, 0.1) is 5.82 Å². The van der Waals surface area contributed by atoms with Crippen molar-refractivity contribution < 1.29 is 9.13 Å². The van der Waals surface area contributed by atoms with Gasteiger partial charge in [0.2, 0.25) is 0 Å². The van der Waals surface area contributed by atoms with Crippen LogP contribution in [0.5, 0.6) is 5.75 Å². The summed E-state index contributed by atoms with van der Waals surface area (Å²) < 4.78 is 18.7. The zero-order valence-corrected chi connectivity index (χ0v) is 10.5. The quantitative estimate of drug-likeness (QED) is 0.771. The van der Waals surface area contributed by atoms with Gasteiger partial charge in [0.1, 0.15) is 11.6 Å². The van der Waals surface area contributed by atoms with Crippen LogP contribution in [0.2, 0.25) is 0 Å². The monoisotopic (exact) mass is 265 g/mol. The molecule has 0 spiro atoms. The van der Waals surface area contributed by atoms with Crippen LogP contribution in [-0.4, -0.2) is 11.6 Å². The van der Waals surface area contributed by atoms with Gasteiger partial charge in [0.15, 0.2) is 0 Å². The lowest BCUT2D eigenvalue weighted by molar-refractivity contribution is 0.318. The fraction of sp³-hybridized carbons (Fsp3) is 0.214. The lowest BCUT2D eigenvalue weighted by Crippen LogP contribution is -2.03. The Balaban J connectivity index is 1.92. The number of ether oxygens (including phenoxy) is 1. The van der Waals surface area contributed by atoms with Gasteiger partial charge in [0.25, 0.3) is 0 Å². The second-order valence-corrected chi connectivity index (χ2v) is 4.12. The molecule has 0 atom stereocenters. The standard InChI is InChI=1S/C14H13ClFNO/c15-10-11-7-12(16)9-14(8-11)18-6-4-13-3-1-2-5-17-13/h1-3,5,7-9H,4,6,10H2. The zero-order valence-electron chi connectivity index (χ0n) is 9.77. The highest BCUT2D eigenvalue weighted by Gasteiger charge is 2.02. The van der Waals surface area contributed by atoms with Crippen molar-refractivity contribution in [1.82, 2.24) is 4.98 Å². The van der Waals surface area contributed by atoms with Crippen LogP contribution in [0.25, 0.3) is 0 Å². The minimum absolute atomic E-state index is 0.272. The molecule has 0 aliphatic rings. The number of hydrogen-bond acceptors (Lipinski definition) is 2. The molecule has 2 rings (SSSR count). The molecule has 1 heterocycles. The maximum atomic E-state index is 13.2. The summed E-state index contributed by atoms with van der Waals surface area (Å²) in [5.74, 6) is 0.441. The van der Waals surface area contributed by atoms with Gasteiger partial charge >= 0.3 is 0 Å². The lowest BCUT2D eigenvalue weighted by Gasteiger charge is -2.07. The minimum Gasteiger partial charge on any atom is -0.493 e. The van der Waals surface area contributed by atoms with Crippen LogP contribution < -0.4 is 4.74 Å². The van der Waals surface area contributed by atoms with Gasteiger partial charge in [0.05, 0.1) is 6.61 Å². The second kappa shape index (κ2) is 6.36. The van der Waals surface area contributed by atoms with Gasteiger partial charge in [-0.25, -0.2) is 4.39 Å². The van der Waals surface area contributed by atoms with Crippen molar-refractivity contribution in [3.05, 3.63) is 59.7 Å². The molecular formula is C14H13ClFNO. The van der Waals surface area contributed by atoms with E-state index < -0.39 is 0 Å². The summed E-state index contributed by atoms with van der Waals surface area (Å²) in [6.07, 6.45) is 2.43. The van der Waals surface area contributed by atoms with E-state index in [9.17, 15) is 4.39 Å². The van der Waals surface area contributed by atoms with Crippen molar-refractivity contribution in [2.45, 2.75) is 12.3 Å². The molecule has 94 valence electrons. The number of alkyl halides is 1. The van der Waals surface area contributed by atoms with E-state index in [4.69, 9.17) is 16.3 Å². The summed E-state index contributed by atoms with van der Waals surface area (Å²) in [5.41, 5.74) is 1.66. The fourth-order valence-corrected chi connectivity index (χ4v) is 1.75. The number of pyridine rings is 1. The molecule has 0 N–H and O–H groups in total. The van der Waals surface area contributed by atoms with Gasteiger partial charge < -0.3 is 4.74 Å². The topological polar surface area (TPSA) is 22.1 Å². The molecule has 0 fully saturated rings. The number of halogens is 2. The first-order chi connectivity index (χ1) is 8.78. The fourth-order valence-electron chi connectivity index (χ4n) is 1.60. The third-order valence-electron chi connectivity index (χ3n) is 2.44. The van der Waals surface area contributed by atoms with Gasteiger partial charge in [-0.1, -0.05) is 6.07 Å². The number of benzene rings is 1. The molecule has 0 bridgehead atoms. The van der Waals surface area contributed by atoms with Crippen LogP contribution in [-0.2, 0) is 12.3 Å². The van der Waals surface area contributed by atoms with E-state index in [1.165, 1.54) is 12.1 Å². The molecule has 18 heavy (non-hydrogen) atoms. The molecule has 0 aliphatic heterocycles. The SMILES string of the molecule is Fc1cc(CCl)cc(OCCc2ccccn2)c1. The van der Waals surface area contributed by atoms with E-state index in [1.54, 1.807) is 12.3 Å². The molecular weight excluding hydrogens is 253 g/mol. The second-order valence-electron chi connectivity index (χ2n) is 3.85. The van der Waals surface area contributed by atoms with Crippen LogP contribution in [0.3, 0.4) is 0 Å². The molecule has 0 unspecified atom stereocenters. The minimum atomic E-state index is -0.332. The molecule has 2 nitrogen and oxygen atoms in total. The number of hydrogen-bond donors (Lipinski definition) is 0. The van der Waals surface area contributed by atoms with Crippen molar-refractivity contribution in [1.29, 1.82) is 0 Å². The number of rotatable bonds is 5. The van der Waals surface area contributed by atoms with Crippen LogP contribution in [0.4, 0.5) is 4.39 Å². The first-order valence-electron chi connectivity index (χ1n) is 5.66. The van der Waals surface area contributed by atoms with Crippen molar-refractivity contribution >= 4 is 11.6 Å². The molecule has 1 aromatic carbocycles. The smallest absolute Gasteiger partial charge is 0.127 e. The summed E-state index contributed by atoms with van der Waals surface area (Å²) in [5, 5.41) is 0. The molecule has 0 amide bonds. The Kier molecular flexibility index (Phi) is 4.53. The van der Waals surface area contributed by atoms with E-state index in [2.05, 4.69) is 4.98 Å². The van der Waals surface area contributed by atoms with Gasteiger partial charge in [-0.2, -0.15) is 0 Å². The Morgan fingerprint density at radius 3 is 2.83 bits per heavy atom. The van der Waals surface area contributed by atoms with Crippen LogP contribution in [0.1, 0.15) is 11.3 Å². The van der Waals surface area contributed by atoms with Crippen LogP contribution in [0.15, 0.2) is 42.6 Å². The summed E-state index contributed by atoms with van der Waals surface area (Å²) in [6, 6.07) is 10.2. The highest BCUT2D eigenvalue weighted by atomic mass is 35.5. The van der Waals surface area contributed by atoms with Gasteiger partial charge in [-0.15, -0.1) is 11.6 Å². The molecule has 0 saturated carbocycles. The Morgan fingerprint density at radius 2 is 2.11 bits per heavy atom. The third kappa shape index (κ3) is 3.70. The van der Waals surface area contributed by atoms with E-state index >= 15 is 0 Å². The van der Waals surface area contributed by atoms with Crippen molar-refractivity contribution in [2.24, 2.45) is 0 Å². The predicted molar refractivity (Wildman–Crippen MR) is 69.4 cm³/mol. The van der Waals surface area contributed by atoms with E-state index in [-0.39, 0.29) is 11.7 Å². The molecule has 0 aliphatic carbocycles. The van der Waals surface area contributed by atoms with Crippen molar-refractivity contribution in [2.75, 3.05) is 6.61 Å². The Labute approximate surface area is 110 Å². The summed E-state index contributed by atoms with van der Waals surface area (Å²) in [4.78, 5) is 4.19. The van der Waals surface area contributed by atoms with E-state index in [0.717, 1.165) is 5.69 Å². The van der Waals surface area contributed by atoms with Crippen molar-refractivity contribution in [3.8, 4) is 5.75 Å². The van der Waals surface area contributed by atoms with E-state index in [1.807, 2.05) is 18.2 Å². The van der Waals surface area contributed by atoms with E-state index in [0.29, 0.717) is 24.3 Å². The number of nitrogens with zero attached hydrogens (tertiary/aromatic N) is 1. The molecule has 2 aromatic rings. The average Bonchev–Trinajstić information content (AvgIpc) is 2.39. The zero-order chi connectivity index (χ0) is 12.8.